The number of aromatic nitrogens is 2. The summed E-state index contributed by atoms with van der Waals surface area (Å²) >= 11 is 3.51. The van der Waals surface area contributed by atoms with Crippen LogP contribution in [0, 0.1) is 0 Å². The largest absolute Gasteiger partial charge is 0.313 e. The van der Waals surface area contributed by atoms with Gasteiger partial charge in [0.1, 0.15) is 5.82 Å². The van der Waals surface area contributed by atoms with Crippen LogP contribution in [0.1, 0.15) is 47.9 Å². The van der Waals surface area contributed by atoms with Crippen LogP contribution >= 0.6 is 15.9 Å². The number of hydrogen-bond donors (Lipinski definition) is 1. The molecule has 0 radical (unpaired) electrons. The summed E-state index contributed by atoms with van der Waals surface area (Å²) in [6.45, 7) is 0. The van der Waals surface area contributed by atoms with E-state index in [1.165, 1.54) is 36.1 Å². The van der Waals surface area contributed by atoms with E-state index in [-0.39, 0.29) is 0 Å². The summed E-state index contributed by atoms with van der Waals surface area (Å²) in [4.78, 5) is 9.42. The van der Waals surface area contributed by atoms with E-state index in [9.17, 15) is 0 Å². The Labute approximate surface area is 134 Å². The topological polar surface area (TPSA) is 37.8 Å². The van der Waals surface area contributed by atoms with Gasteiger partial charge in [-0.1, -0.05) is 34.5 Å². The maximum atomic E-state index is 4.83. The first-order valence-electron chi connectivity index (χ1n) is 7.52. The highest BCUT2D eigenvalue weighted by molar-refractivity contribution is 9.10. The molecule has 21 heavy (non-hydrogen) atoms. The number of aryl methyl sites for hydroxylation is 1. The molecule has 1 N–H and O–H groups in total. The highest BCUT2D eigenvalue weighted by Gasteiger charge is 2.19. The molecule has 0 bridgehead atoms. The average molecular weight is 346 g/mol. The first kappa shape index (κ1) is 14.7. The van der Waals surface area contributed by atoms with Gasteiger partial charge >= 0.3 is 0 Å². The fraction of sp³-hybridized carbons (Fsp3) is 0.412. The van der Waals surface area contributed by atoms with Crippen LogP contribution in [-0.2, 0) is 12.8 Å². The van der Waals surface area contributed by atoms with Crippen LogP contribution in [0.4, 0.5) is 0 Å². The maximum Gasteiger partial charge on any atom is 0.132 e. The third kappa shape index (κ3) is 3.50. The van der Waals surface area contributed by atoms with Crippen molar-refractivity contribution in [2.24, 2.45) is 0 Å². The molecule has 1 aromatic heterocycles. The van der Waals surface area contributed by atoms with Gasteiger partial charge in [0.15, 0.2) is 0 Å². The Hall–Kier alpha value is -1.26. The Morgan fingerprint density at radius 2 is 2.24 bits per heavy atom. The second-order valence-corrected chi connectivity index (χ2v) is 6.50. The molecule has 1 atom stereocenters. The fourth-order valence-electron chi connectivity index (χ4n) is 2.97. The second-order valence-electron chi connectivity index (χ2n) is 5.58. The Morgan fingerprint density at radius 3 is 3.05 bits per heavy atom. The van der Waals surface area contributed by atoms with E-state index >= 15 is 0 Å². The van der Waals surface area contributed by atoms with Crippen LogP contribution in [0.25, 0.3) is 0 Å². The zero-order chi connectivity index (χ0) is 14.7. The standard InChI is InChI=1S/C17H20BrN3/c1-19-15-7-2-3-8-16-14(15)11-20-17(21-16)10-12-5-4-6-13(18)9-12/h4-6,9,11,15,19H,2-3,7-8,10H2,1H3. The molecule has 0 aliphatic heterocycles. The van der Waals surface area contributed by atoms with E-state index in [1.807, 2.05) is 19.3 Å². The summed E-state index contributed by atoms with van der Waals surface area (Å²) < 4.78 is 1.10. The molecule has 3 rings (SSSR count). The lowest BCUT2D eigenvalue weighted by molar-refractivity contribution is 0.531. The van der Waals surface area contributed by atoms with Crippen LogP contribution < -0.4 is 5.32 Å². The third-order valence-electron chi connectivity index (χ3n) is 4.08. The first-order valence-corrected chi connectivity index (χ1v) is 8.32. The summed E-state index contributed by atoms with van der Waals surface area (Å²) in [6, 6.07) is 8.75. The van der Waals surface area contributed by atoms with Crippen molar-refractivity contribution in [3.8, 4) is 0 Å². The predicted molar refractivity (Wildman–Crippen MR) is 88.3 cm³/mol. The molecule has 4 heteroatoms. The van der Waals surface area contributed by atoms with E-state index in [2.05, 4.69) is 44.4 Å². The maximum absolute atomic E-state index is 4.83. The van der Waals surface area contributed by atoms with Crippen molar-refractivity contribution < 1.29 is 0 Å². The van der Waals surface area contributed by atoms with Crippen LogP contribution in [0.15, 0.2) is 34.9 Å². The molecule has 1 aliphatic carbocycles. The quantitative estimate of drug-likeness (QED) is 0.859. The van der Waals surface area contributed by atoms with Crippen molar-refractivity contribution in [1.29, 1.82) is 0 Å². The molecule has 1 unspecified atom stereocenters. The van der Waals surface area contributed by atoms with Gasteiger partial charge in [-0.25, -0.2) is 9.97 Å². The highest BCUT2D eigenvalue weighted by Crippen LogP contribution is 2.27. The van der Waals surface area contributed by atoms with Crippen LogP contribution in [0.5, 0.6) is 0 Å². The second kappa shape index (κ2) is 6.67. The fourth-order valence-corrected chi connectivity index (χ4v) is 3.42. The predicted octanol–water partition coefficient (Wildman–Crippen LogP) is 3.82. The minimum Gasteiger partial charge on any atom is -0.313 e. The third-order valence-corrected chi connectivity index (χ3v) is 4.57. The molecular weight excluding hydrogens is 326 g/mol. The Bertz CT molecular complexity index is 627. The molecule has 0 amide bonds. The number of benzene rings is 1. The number of nitrogens with zero attached hydrogens (tertiary/aromatic N) is 2. The van der Waals surface area contributed by atoms with Gasteiger partial charge in [-0.2, -0.15) is 0 Å². The Balaban J connectivity index is 1.86. The molecule has 1 aromatic carbocycles. The van der Waals surface area contributed by atoms with Crippen LogP contribution in [0.3, 0.4) is 0 Å². The van der Waals surface area contributed by atoms with Crippen molar-refractivity contribution in [2.75, 3.05) is 7.05 Å². The van der Waals surface area contributed by atoms with Crippen molar-refractivity contribution in [1.82, 2.24) is 15.3 Å². The van der Waals surface area contributed by atoms with Gasteiger partial charge in [0, 0.05) is 34.4 Å². The van der Waals surface area contributed by atoms with E-state index in [1.54, 1.807) is 0 Å². The monoisotopic (exact) mass is 345 g/mol. The van der Waals surface area contributed by atoms with E-state index in [0.717, 1.165) is 23.1 Å². The number of rotatable bonds is 3. The number of halogens is 1. The molecule has 0 fully saturated rings. The molecule has 2 aromatic rings. The SMILES string of the molecule is CNC1CCCCc2nc(Cc3cccc(Br)c3)ncc21. The van der Waals surface area contributed by atoms with Gasteiger partial charge < -0.3 is 5.32 Å². The normalized spacial score (nSPS) is 18.1. The van der Waals surface area contributed by atoms with Crippen molar-refractivity contribution in [3.05, 3.63) is 57.6 Å². The smallest absolute Gasteiger partial charge is 0.132 e. The molecule has 0 saturated carbocycles. The van der Waals surface area contributed by atoms with Gasteiger partial charge in [0.05, 0.1) is 0 Å². The van der Waals surface area contributed by atoms with Gasteiger partial charge in [-0.15, -0.1) is 0 Å². The van der Waals surface area contributed by atoms with Crippen molar-refractivity contribution in [2.45, 2.75) is 38.1 Å². The van der Waals surface area contributed by atoms with Crippen LogP contribution in [0.2, 0.25) is 0 Å². The van der Waals surface area contributed by atoms with Crippen LogP contribution in [-0.4, -0.2) is 17.0 Å². The molecule has 0 spiro atoms. The summed E-state index contributed by atoms with van der Waals surface area (Å²) in [7, 11) is 2.02. The Kier molecular flexibility index (Phi) is 4.66. The van der Waals surface area contributed by atoms with Crippen molar-refractivity contribution >= 4 is 15.9 Å². The number of nitrogens with one attached hydrogen (secondary N) is 1. The summed E-state index contributed by atoms with van der Waals surface area (Å²) in [5.41, 5.74) is 3.75. The zero-order valence-corrected chi connectivity index (χ0v) is 13.9. The van der Waals surface area contributed by atoms with Gasteiger partial charge in [0.25, 0.3) is 0 Å². The first-order chi connectivity index (χ1) is 10.3. The number of hydrogen-bond acceptors (Lipinski definition) is 3. The minimum absolute atomic E-state index is 0.405. The van der Waals surface area contributed by atoms with E-state index in [4.69, 9.17) is 4.98 Å². The zero-order valence-electron chi connectivity index (χ0n) is 12.3. The molecule has 1 aliphatic rings. The molecular formula is C17H20BrN3. The van der Waals surface area contributed by atoms with E-state index in [0.29, 0.717) is 6.04 Å². The van der Waals surface area contributed by atoms with E-state index < -0.39 is 0 Å². The lowest BCUT2D eigenvalue weighted by Crippen LogP contribution is -2.18. The summed E-state index contributed by atoms with van der Waals surface area (Å²) in [5, 5.41) is 3.39. The minimum atomic E-state index is 0.405. The average Bonchev–Trinajstić information content (AvgIpc) is 2.68. The molecule has 1 heterocycles. The van der Waals surface area contributed by atoms with Gasteiger partial charge in [0.2, 0.25) is 0 Å². The number of fused-ring (bicyclic) bond motifs is 1. The summed E-state index contributed by atoms with van der Waals surface area (Å²) in [5.74, 6) is 0.920. The molecule has 0 saturated heterocycles. The molecule has 110 valence electrons. The highest BCUT2D eigenvalue weighted by atomic mass is 79.9. The van der Waals surface area contributed by atoms with Gasteiger partial charge in [-0.05, 0) is 44.0 Å². The van der Waals surface area contributed by atoms with Crippen molar-refractivity contribution in [3.63, 3.8) is 0 Å². The lowest BCUT2D eigenvalue weighted by atomic mass is 10.0. The summed E-state index contributed by atoms with van der Waals surface area (Å²) in [6.07, 6.45) is 7.54. The lowest BCUT2D eigenvalue weighted by Gasteiger charge is -2.16. The Morgan fingerprint density at radius 1 is 1.33 bits per heavy atom. The van der Waals surface area contributed by atoms with Gasteiger partial charge in [-0.3, -0.25) is 0 Å². The molecule has 3 nitrogen and oxygen atoms in total.